The molecule has 2 N–H and O–H groups in total. The van der Waals surface area contributed by atoms with Crippen LogP contribution in [0.25, 0.3) is 0 Å². The third kappa shape index (κ3) is 1.62. The smallest absolute Gasteiger partial charge is 0.241 e. The van der Waals surface area contributed by atoms with Crippen LogP contribution in [0.4, 0.5) is 0 Å². The molecule has 1 saturated heterocycles. The summed E-state index contributed by atoms with van der Waals surface area (Å²) in [5.41, 5.74) is -0.519. The molecule has 82 valence electrons. The van der Waals surface area contributed by atoms with Crippen LogP contribution >= 0.6 is 0 Å². The molecule has 2 rings (SSSR count). The summed E-state index contributed by atoms with van der Waals surface area (Å²) in [5, 5.41) is 13.0. The van der Waals surface area contributed by atoms with Gasteiger partial charge in [0.05, 0.1) is 20.4 Å². The molecule has 15 heavy (non-hydrogen) atoms. The maximum atomic E-state index is 10.1. The second-order valence-electron chi connectivity index (χ2n) is 3.41. The van der Waals surface area contributed by atoms with E-state index >= 15 is 0 Å². The van der Waals surface area contributed by atoms with Gasteiger partial charge in [-0.1, -0.05) is 0 Å². The summed E-state index contributed by atoms with van der Waals surface area (Å²) in [6, 6.07) is 0. The molecule has 1 fully saturated rings. The summed E-state index contributed by atoms with van der Waals surface area (Å²) in [5.74, 6) is 0.671. The molecule has 1 aromatic rings. The highest BCUT2D eigenvalue weighted by Crippen LogP contribution is 2.30. The molecular weight excluding hydrogens is 198 g/mol. The van der Waals surface area contributed by atoms with E-state index in [4.69, 9.17) is 9.47 Å². The van der Waals surface area contributed by atoms with Crippen molar-refractivity contribution in [2.45, 2.75) is 5.60 Å². The lowest BCUT2D eigenvalue weighted by atomic mass is 9.93. The topological polar surface area (TPSA) is 76.5 Å². The number of aliphatic hydroxyl groups is 1. The Balaban J connectivity index is 2.38. The molecule has 6 heteroatoms. The fourth-order valence-corrected chi connectivity index (χ4v) is 1.45. The van der Waals surface area contributed by atoms with E-state index in [1.807, 2.05) is 0 Å². The number of ether oxygens (including phenoxy) is 2. The van der Waals surface area contributed by atoms with E-state index in [1.165, 1.54) is 20.4 Å². The Kier molecular flexibility index (Phi) is 2.45. The van der Waals surface area contributed by atoms with Gasteiger partial charge in [-0.3, -0.25) is 0 Å². The van der Waals surface area contributed by atoms with Crippen LogP contribution in [0.5, 0.6) is 11.8 Å². The van der Waals surface area contributed by atoms with Gasteiger partial charge < -0.3 is 19.9 Å². The molecule has 0 saturated carbocycles. The maximum Gasteiger partial charge on any atom is 0.241 e. The number of hydrogen-bond donors (Lipinski definition) is 2. The number of hydrogen-bond acceptors (Lipinski definition) is 6. The minimum atomic E-state index is -0.968. The predicted molar refractivity (Wildman–Crippen MR) is 51.9 cm³/mol. The minimum absolute atomic E-state index is 0.304. The number of β-amino-alcohol motifs (C(OH)–C–C–N with tert-alkyl or cyclic N) is 1. The first kappa shape index (κ1) is 10.1. The Hall–Kier alpha value is -1.40. The van der Waals surface area contributed by atoms with Gasteiger partial charge in [-0.2, -0.15) is 4.98 Å². The van der Waals surface area contributed by atoms with E-state index < -0.39 is 5.60 Å². The first-order valence-corrected chi connectivity index (χ1v) is 4.58. The van der Waals surface area contributed by atoms with Gasteiger partial charge >= 0.3 is 0 Å². The van der Waals surface area contributed by atoms with Gasteiger partial charge in [0.1, 0.15) is 11.3 Å². The van der Waals surface area contributed by atoms with Crippen LogP contribution in [0.1, 0.15) is 5.69 Å². The zero-order valence-electron chi connectivity index (χ0n) is 8.65. The van der Waals surface area contributed by atoms with Crippen molar-refractivity contribution in [3.63, 3.8) is 0 Å². The second kappa shape index (κ2) is 3.63. The number of nitrogens with one attached hydrogen (secondary N) is 1. The van der Waals surface area contributed by atoms with E-state index in [0.717, 1.165) is 0 Å². The summed E-state index contributed by atoms with van der Waals surface area (Å²) in [6.07, 6.45) is 1.47. The van der Waals surface area contributed by atoms with Crippen LogP contribution in [0, 0.1) is 0 Å². The number of nitrogens with zero attached hydrogens (tertiary/aromatic N) is 2. The number of rotatable bonds is 3. The van der Waals surface area contributed by atoms with Crippen molar-refractivity contribution in [1.82, 2.24) is 15.3 Å². The molecule has 0 aliphatic carbocycles. The average molecular weight is 211 g/mol. The van der Waals surface area contributed by atoms with Crippen LogP contribution in [0.15, 0.2) is 6.20 Å². The molecule has 0 radical (unpaired) electrons. The third-order valence-corrected chi connectivity index (χ3v) is 2.40. The van der Waals surface area contributed by atoms with E-state index in [9.17, 15) is 5.11 Å². The number of aromatic nitrogens is 2. The number of methoxy groups -OCH3 is 2. The molecule has 6 nitrogen and oxygen atoms in total. The monoisotopic (exact) mass is 211 g/mol. The quantitative estimate of drug-likeness (QED) is 0.687. The fraction of sp³-hybridized carbons (Fsp3) is 0.556. The summed E-state index contributed by atoms with van der Waals surface area (Å²) in [4.78, 5) is 8.17. The maximum absolute atomic E-state index is 10.1. The van der Waals surface area contributed by atoms with Crippen LogP contribution in [0.2, 0.25) is 0 Å². The summed E-state index contributed by atoms with van der Waals surface area (Å²) < 4.78 is 9.99. The van der Waals surface area contributed by atoms with Crippen molar-refractivity contribution >= 4 is 0 Å². The highest BCUT2D eigenvalue weighted by Gasteiger charge is 2.41. The normalized spacial score (nSPS) is 18.1. The van der Waals surface area contributed by atoms with Gasteiger partial charge in [-0.15, -0.1) is 0 Å². The minimum Gasteiger partial charge on any atom is -0.480 e. The molecule has 0 unspecified atom stereocenters. The van der Waals surface area contributed by atoms with Crippen LogP contribution < -0.4 is 14.8 Å². The van der Waals surface area contributed by atoms with Crippen LogP contribution in [-0.2, 0) is 5.60 Å². The largest absolute Gasteiger partial charge is 0.480 e. The van der Waals surface area contributed by atoms with Gasteiger partial charge in [0.2, 0.25) is 11.8 Å². The lowest BCUT2D eigenvalue weighted by Gasteiger charge is -2.37. The lowest BCUT2D eigenvalue weighted by molar-refractivity contribution is -0.0212. The standard InChI is InChI=1S/C9H13N3O3/c1-14-6-3-11-7(8(12-6)15-2)9(13)4-10-5-9/h3,10,13H,4-5H2,1-2H3. The zero-order chi connectivity index (χ0) is 10.9. The van der Waals surface area contributed by atoms with E-state index in [2.05, 4.69) is 15.3 Å². The highest BCUT2D eigenvalue weighted by atomic mass is 16.5. The van der Waals surface area contributed by atoms with Crippen molar-refractivity contribution in [1.29, 1.82) is 0 Å². The Bertz CT molecular complexity index is 366. The molecule has 0 bridgehead atoms. The lowest BCUT2D eigenvalue weighted by Crippen LogP contribution is -2.57. The van der Waals surface area contributed by atoms with Crippen molar-refractivity contribution in [2.75, 3.05) is 27.3 Å². The Morgan fingerprint density at radius 1 is 1.40 bits per heavy atom. The van der Waals surface area contributed by atoms with Crippen molar-refractivity contribution in [2.24, 2.45) is 0 Å². The van der Waals surface area contributed by atoms with Crippen molar-refractivity contribution in [3.8, 4) is 11.8 Å². The highest BCUT2D eigenvalue weighted by molar-refractivity contribution is 5.30. The van der Waals surface area contributed by atoms with E-state index in [0.29, 0.717) is 30.5 Å². The molecule has 0 spiro atoms. The van der Waals surface area contributed by atoms with E-state index in [1.54, 1.807) is 0 Å². The Morgan fingerprint density at radius 2 is 2.13 bits per heavy atom. The summed E-state index contributed by atoms with van der Waals surface area (Å²) >= 11 is 0. The Labute approximate surface area is 87.3 Å². The molecule has 1 aromatic heterocycles. The van der Waals surface area contributed by atoms with E-state index in [-0.39, 0.29) is 0 Å². The summed E-state index contributed by atoms with van der Waals surface area (Å²) in [6.45, 7) is 0.925. The SMILES string of the molecule is COc1cnc(C2(O)CNC2)c(OC)n1. The van der Waals surface area contributed by atoms with Gasteiger partial charge in [0.25, 0.3) is 0 Å². The predicted octanol–water partition coefficient (Wildman–Crippen LogP) is -0.715. The van der Waals surface area contributed by atoms with Gasteiger partial charge in [-0.05, 0) is 0 Å². The molecule has 0 aromatic carbocycles. The van der Waals surface area contributed by atoms with Gasteiger partial charge in [-0.25, -0.2) is 4.98 Å². The molecule has 0 amide bonds. The average Bonchev–Trinajstić information content (AvgIpc) is 2.25. The zero-order valence-corrected chi connectivity index (χ0v) is 8.65. The van der Waals surface area contributed by atoms with Gasteiger partial charge in [0, 0.05) is 13.1 Å². The molecule has 1 aliphatic heterocycles. The van der Waals surface area contributed by atoms with Crippen molar-refractivity contribution in [3.05, 3.63) is 11.9 Å². The second-order valence-corrected chi connectivity index (χ2v) is 3.41. The first-order chi connectivity index (χ1) is 7.19. The Morgan fingerprint density at radius 3 is 2.60 bits per heavy atom. The first-order valence-electron chi connectivity index (χ1n) is 4.58. The molecule has 1 aliphatic rings. The summed E-state index contributed by atoms with van der Waals surface area (Å²) in [7, 11) is 2.99. The van der Waals surface area contributed by atoms with Crippen molar-refractivity contribution < 1.29 is 14.6 Å². The van der Waals surface area contributed by atoms with Gasteiger partial charge in [0.15, 0.2) is 0 Å². The fourth-order valence-electron chi connectivity index (χ4n) is 1.45. The third-order valence-electron chi connectivity index (χ3n) is 2.40. The molecule has 0 atom stereocenters. The van der Waals surface area contributed by atoms with Crippen LogP contribution in [0.3, 0.4) is 0 Å². The molecular formula is C9H13N3O3. The molecule has 2 heterocycles. The van der Waals surface area contributed by atoms with Crippen LogP contribution in [-0.4, -0.2) is 42.4 Å².